The lowest BCUT2D eigenvalue weighted by Crippen LogP contribution is -2.34. The molecule has 2 aliphatic rings. The highest BCUT2D eigenvalue weighted by Gasteiger charge is 2.37. The maximum Gasteiger partial charge on any atom is 0.338 e. The first-order valence-corrected chi connectivity index (χ1v) is 24.5. The van der Waals surface area contributed by atoms with Gasteiger partial charge in [-0.2, -0.15) is 16.8 Å². The lowest BCUT2D eigenvalue weighted by Gasteiger charge is -2.34. The van der Waals surface area contributed by atoms with Gasteiger partial charge in [-0.15, -0.1) is 0 Å². The second kappa shape index (κ2) is 19.8. The van der Waals surface area contributed by atoms with Crippen molar-refractivity contribution in [2.75, 3.05) is 13.6 Å². The van der Waals surface area contributed by atoms with Crippen LogP contribution >= 0.6 is 0 Å². The number of phenols is 7. The maximum absolute atomic E-state index is 12.7. The Bertz CT molecular complexity index is 3470. The van der Waals surface area contributed by atoms with Crippen molar-refractivity contribution in [3.05, 3.63) is 167 Å². The normalized spacial score (nSPS) is 15.5. The molecule has 20 heteroatoms. The van der Waals surface area contributed by atoms with Crippen LogP contribution in [0.25, 0.3) is 21.7 Å². The number of hydrogen-bond donors (Lipinski definition) is 9. The second-order valence-electron chi connectivity index (χ2n) is 16.8. The van der Waals surface area contributed by atoms with Crippen molar-refractivity contribution in [2.24, 2.45) is 0 Å². The van der Waals surface area contributed by atoms with Crippen LogP contribution in [-0.2, 0) is 50.9 Å². The van der Waals surface area contributed by atoms with E-state index in [0.717, 1.165) is 56.4 Å². The summed E-state index contributed by atoms with van der Waals surface area (Å²) in [6.45, 7) is 3.19. The molecule has 8 aromatic rings. The molecule has 0 spiro atoms. The van der Waals surface area contributed by atoms with Gasteiger partial charge in [-0.25, -0.2) is 4.79 Å². The molecule has 3 heterocycles. The third-order valence-corrected chi connectivity index (χ3v) is 13.8. The summed E-state index contributed by atoms with van der Waals surface area (Å²) in [7, 11) is -6.72. The number of para-hydroxylation sites is 1. The molecule has 2 unspecified atom stereocenters. The summed E-state index contributed by atoms with van der Waals surface area (Å²) in [4.78, 5) is 14.3. The number of rotatable bonds is 7. The summed E-state index contributed by atoms with van der Waals surface area (Å²) in [5, 5.41) is 69.7. The molecular formula is C51H46N2O16S2. The Morgan fingerprint density at radius 1 is 0.648 bits per heavy atom. The van der Waals surface area contributed by atoms with Gasteiger partial charge < -0.3 is 54.7 Å². The highest BCUT2D eigenvalue weighted by molar-refractivity contribution is 7.86. The zero-order valence-corrected chi connectivity index (χ0v) is 39.1. The van der Waals surface area contributed by atoms with E-state index >= 15 is 0 Å². The van der Waals surface area contributed by atoms with E-state index < -0.39 is 71.2 Å². The van der Waals surface area contributed by atoms with Crippen LogP contribution < -0.4 is 4.74 Å². The molecule has 0 aliphatic carbocycles. The molecule has 1 aromatic heterocycles. The predicted octanol–water partition coefficient (Wildman–Crippen LogP) is 7.54. The monoisotopic (exact) mass is 1010 g/mol. The number of likely N-dealkylation sites (N-methyl/N-ethyl adjacent to an activating group) is 1. The summed E-state index contributed by atoms with van der Waals surface area (Å²) < 4.78 is 76.6. The summed E-state index contributed by atoms with van der Waals surface area (Å²) in [6.07, 6.45) is -0.978. The fourth-order valence-corrected chi connectivity index (χ4v) is 10.1. The zero-order valence-electron chi connectivity index (χ0n) is 37.5. The lowest BCUT2D eigenvalue weighted by molar-refractivity contribution is -0.0189. The molecular weight excluding hydrogens is 961 g/mol. The van der Waals surface area contributed by atoms with Gasteiger partial charge in [-0.05, 0) is 60.6 Å². The fourth-order valence-electron chi connectivity index (χ4n) is 8.66. The SMILES string of the molecule is CN1CCc2c(c3ccccc3n2Cc2ccccc2)C1.O=C(OC1Cc2c(O)cc(O)cc2OC1c1ccc(O)c(O)c1)c1cc(O)c(O)c(O)c1.O=S(=O)(O)c1cccc2c(S(=O)(=O)O)cccc12. The molecule has 0 radical (unpaired) electrons. The Hall–Kier alpha value is -8.01. The molecule has 2 atom stereocenters. The number of phenolic OH excluding ortho intramolecular Hbond substituents is 7. The number of aromatic nitrogens is 1. The standard InChI is InChI=1S/C22H18O10.C19H20N2.C10H8O6S2/c23-11-6-14(25)12-8-19(32-22(30)10-4-16(27)20(29)17(28)5-10)21(31-18(12)7-11)9-1-2-13(24)15(26)3-9;1-20-12-11-19-17(14-20)16-9-5-6-10-18(16)21(19)13-15-7-3-2-4-8-15;11-17(12,13)9-5-1-3-7-8(9)4-2-6-10(7)18(14,15)16/h1-7,19,21,23-29H,8H2;2-10H,11-14H2,1H3;1-6H,(H,11,12,13)(H,14,15,16). The predicted molar refractivity (Wildman–Crippen MR) is 258 cm³/mol. The van der Waals surface area contributed by atoms with Crippen LogP contribution in [0.1, 0.15) is 44.4 Å². The zero-order chi connectivity index (χ0) is 50.9. The first-order valence-electron chi connectivity index (χ1n) is 21.7. The number of esters is 1. The highest BCUT2D eigenvalue weighted by Crippen LogP contribution is 2.45. The minimum Gasteiger partial charge on any atom is -0.508 e. The summed E-state index contributed by atoms with van der Waals surface area (Å²) in [5.74, 6) is -4.43. The quantitative estimate of drug-likeness (QED) is 0.0423. The van der Waals surface area contributed by atoms with Crippen molar-refractivity contribution in [3.63, 3.8) is 0 Å². The van der Waals surface area contributed by atoms with E-state index in [1.54, 1.807) is 0 Å². The molecule has 0 amide bonds. The molecule has 71 heavy (non-hydrogen) atoms. The van der Waals surface area contributed by atoms with Gasteiger partial charge >= 0.3 is 5.97 Å². The van der Waals surface area contributed by atoms with Crippen LogP contribution in [0.3, 0.4) is 0 Å². The van der Waals surface area contributed by atoms with Crippen molar-refractivity contribution < 1.29 is 76.0 Å². The van der Waals surface area contributed by atoms with Crippen LogP contribution in [0.2, 0.25) is 0 Å². The van der Waals surface area contributed by atoms with Crippen LogP contribution in [0.4, 0.5) is 0 Å². The van der Waals surface area contributed by atoms with E-state index in [1.807, 2.05) is 0 Å². The number of hydrogen-bond acceptors (Lipinski definition) is 15. The number of carbonyl (C=O) groups is 1. The van der Waals surface area contributed by atoms with Crippen molar-refractivity contribution in [1.82, 2.24) is 9.47 Å². The molecule has 9 N–H and O–H groups in total. The van der Waals surface area contributed by atoms with E-state index in [2.05, 4.69) is 71.1 Å². The Morgan fingerprint density at radius 3 is 1.87 bits per heavy atom. The first kappa shape index (κ1) is 49.4. The van der Waals surface area contributed by atoms with E-state index in [4.69, 9.17) is 18.6 Å². The van der Waals surface area contributed by atoms with Crippen molar-refractivity contribution in [3.8, 4) is 46.0 Å². The molecule has 7 aromatic carbocycles. The van der Waals surface area contributed by atoms with Gasteiger partial charge in [0.1, 0.15) is 33.1 Å². The molecule has 368 valence electrons. The summed E-state index contributed by atoms with van der Waals surface area (Å²) >= 11 is 0. The topological polar surface area (TPSA) is 294 Å². The van der Waals surface area contributed by atoms with Gasteiger partial charge in [0, 0.05) is 83.1 Å². The van der Waals surface area contributed by atoms with Crippen LogP contribution in [0.5, 0.6) is 46.0 Å². The van der Waals surface area contributed by atoms with Gasteiger partial charge in [0.2, 0.25) is 0 Å². The maximum atomic E-state index is 12.7. The Labute approximate surface area is 406 Å². The van der Waals surface area contributed by atoms with E-state index in [-0.39, 0.29) is 51.3 Å². The van der Waals surface area contributed by atoms with Crippen LogP contribution in [0, 0.1) is 0 Å². The number of nitrogens with zero attached hydrogens (tertiary/aromatic N) is 2. The fraction of sp³-hybridized carbons (Fsp3) is 0.157. The van der Waals surface area contributed by atoms with Gasteiger partial charge in [0.25, 0.3) is 20.2 Å². The Balaban J connectivity index is 0.000000150. The van der Waals surface area contributed by atoms with E-state index in [0.29, 0.717) is 5.56 Å². The van der Waals surface area contributed by atoms with Crippen molar-refractivity contribution in [1.29, 1.82) is 0 Å². The third-order valence-electron chi connectivity index (χ3n) is 12.0. The smallest absolute Gasteiger partial charge is 0.338 e. The van der Waals surface area contributed by atoms with Crippen molar-refractivity contribution >= 4 is 47.9 Å². The molecule has 0 bridgehead atoms. The number of carbonyl (C=O) groups excluding carboxylic acids is 1. The van der Waals surface area contributed by atoms with E-state index in [1.165, 1.54) is 76.3 Å². The van der Waals surface area contributed by atoms with Gasteiger partial charge in [0.15, 0.2) is 34.9 Å². The van der Waals surface area contributed by atoms with Gasteiger partial charge in [-0.1, -0.05) is 78.9 Å². The van der Waals surface area contributed by atoms with Crippen LogP contribution in [0.15, 0.2) is 143 Å². The van der Waals surface area contributed by atoms with Gasteiger partial charge in [-0.3, -0.25) is 9.11 Å². The number of fused-ring (bicyclic) bond motifs is 5. The molecule has 18 nitrogen and oxygen atoms in total. The average Bonchev–Trinajstić information content (AvgIpc) is 3.62. The third kappa shape index (κ3) is 10.6. The number of ether oxygens (including phenoxy) is 2. The first-order chi connectivity index (χ1) is 33.7. The summed E-state index contributed by atoms with van der Waals surface area (Å²) in [5.41, 5.74) is 6.13. The molecule has 0 saturated heterocycles. The lowest BCUT2D eigenvalue weighted by atomic mass is 9.93. The molecule has 2 aliphatic heterocycles. The van der Waals surface area contributed by atoms with E-state index in [9.17, 15) is 57.4 Å². The largest absolute Gasteiger partial charge is 0.508 e. The Kier molecular flexibility index (Phi) is 13.8. The number of benzene rings is 7. The minimum atomic E-state index is -4.47. The van der Waals surface area contributed by atoms with Crippen LogP contribution in [-0.4, -0.2) is 96.8 Å². The minimum absolute atomic E-state index is 0.0233. The molecule has 10 rings (SSSR count). The second-order valence-corrected chi connectivity index (χ2v) is 19.6. The summed E-state index contributed by atoms with van der Waals surface area (Å²) in [6, 6.07) is 35.2. The van der Waals surface area contributed by atoms with Gasteiger partial charge in [0.05, 0.1) is 5.56 Å². The average molecular weight is 1010 g/mol. The van der Waals surface area contributed by atoms with Crippen molar-refractivity contribution in [2.45, 2.75) is 47.9 Å². The molecule has 0 saturated carbocycles. The molecule has 0 fully saturated rings. The number of aromatic hydroxyl groups is 7. The Morgan fingerprint density at radius 2 is 1.25 bits per heavy atom. The highest BCUT2D eigenvalue weighted by atomic mass is 32.2.